The largest absolute Gasteiger partial charge is 0.473 e. The number of pyridine rings is 2. The Bertz CT molecular complexity index is 1390. The molecule has 1 N–H and O–H groups in total. The van der Waals surface area contributed by atoms with Crippen molar-refractivity contribution in [1.29, 1.82) is 0 Å². The van der Waals surface area contributed by atoms with Gasteiger partial charge in [0.25, 0.3) is 0 Å². The van der Waals surface area contributed by atoms with Crippen LogP contribution in [-0.2, 0) is 13.2 Å². The number of aromatic nitrogens is 3. The Kier molecular flexibility index (Phi) is 5.41. The van der Waals surface area contributed by atoms with E-state index in [1.54, 1.807) is 16.8 Å². The summed E-state index contributed by atoms with van der Waals surface area (Å²) in [4.78, 5) is 16.6. The second-order valence-electron chi connectivity index (χ2n) is 7.36. The van der Waals surface area contributed by atoms with Crippen molar-refractivity contribution >= 4 is 5.52 Å². The molecule has 3 heterocycles. The predicted molar refractivity (Wildman–Crippen MR) is 123 cm³/mol. The van der Waals surface area contributed by atoms with E-state index in [1.807, 2.05) is 79.0 Å². The maximum atomic E-state index is 11.9. The van der Waals surface area contributed by atoms with Gasteiger partial charge >= 0.3 is 0 Å². The minimum atomic E-state index is -0.0617. The number of hydrogen-bond donors (Lipinski definition) is 1. The molecule has 0 atom stereocenters. The molecule has 2 aromatic carbocycles. The first-order chi connectivity index (χ1) is 15.8. The van der Waals surface area contributed by atoms with Crippen LogP contribution in [0.25, 0.3) is 16.6 Å². The smallest absolute Gasteiger partial charge is 0.225 e. The summed E-state index contributed by atoms with van der Waals surface area (Å²) < 4.78 is 13.8. The summed E-state index contributed by atoms with van der Waals surface area (Å²) in [5, 5.41) is 3.14. The summed E-state index contributed by atoms with van der Waals surface area (Å²) in [7, 11) is 0. The molecule has 6 heteroatoms. The summed E-state index contributed by atoms with van der Waals surface area (Å²) in [5.41, 5.74) is 4.38. The van der Waals surface area contributed by atoms with Crippen molar-refractivity contribution in [2.45, 2.75) is 13.2 Å². The second kappa shape index (κ2) is 8.81. The first-order valence-electron chi connectivity index (χ1n) is 10.3. The van der Waals surface area contributed by atoms with Crippen molar-refractivity contribution in [3.05, 3.63) is 119 Å². The Balaban J connectivity index is 1.49. The molecule has 0 aliphatic heterocycles. The number of rotatable bonds is 7. The fourth-order valence-corrected chi connectivity index (χ4v) is 3.50. The highest BCUT2D eigenvalue weighted by molar-refractivity contribution is 5.82. The van der Waals surface area contributed by atoms with Crippen molar-refractivity contribution in [3.63, 3.8) is 0 Å². The summed E-state index contributed by atoms with van der Waals surface area (Å²) in [6, 6.07) is 26.7. The molecule has 0 saturated carbocycles. The van der Waals surface area contributed by atoms with Gasteiger partial charge in [-0.3, -0.25) is 9.31 Å². The molecule has 0 unspecified atom stereocenters. The van der Waals surface area contributed by atoms with Gasteiger partial charge in [0.1, 0.15) is 13.2 Å². The monoisotopic (exact) mass is 423 g/mol. The lowest BCUT2D eigenvalue weighted by Gasteiger charge is -2.13. The molecule has 3 aromatic heterocycles. The SMILES string of the molecule is O=c1ccn2[nH]cc(-c3ccc(OCc4ccccc4)nc3OCc3ccccc3)c2c1. The minimum Gasteiger partial charge on any atom is -0.473 e. The van der Waals surface area contributed by atoms with Gasteiger partial charge in [0.15, 0.2) is 5.43 Å². The molecule has 0 aliphatic carbocycles. The average molecular weight is 423 g/mol. The summed E-state index contributed by atoms with van der Waals surface area (Å²) in [6.07, 6.45) is 3.54. The summed E-state index contributed by atoms with van der Waals surface area (Å²) in [6.45, 7) is 0.777. The highest BCUT2D eigenvalue weighted by atomic mass is 16.5. The Morgan fingerprint density at radius 1 is 0.781 bits per heavy atom. The minimum absolute atomic E-state index is 0.0617. The van der Waals surface area contributed by atoms with E-state index in [9.17, 15) is 4.79 Å². The quantitative estimate of drug-likeness (QED) is 0.406. The molecule has 0 fully saturated rings. The lowest BCUT2D eigenvalue weighted by molar-refractivity contribution is 0.268. The normalized spacial score (nSPS) is 10.9. The van der Waals surface area contributed by atoms with Crippen LogP contribution in [0.4, 0.5) is 0 Å². The van der Waals surface area contributed by atoms with Gasteiger partial charge in [-0.05, 0) is 17.2 Å². The van der Waals surface area contributed by atoms with E-state index in [0.717, 1.165) is 27.8 Å². The van der Waals surface area contributed by atoms with E-state index in [2.05, 4.69) is 10.1 Å². The Morgan fingerprint density at radius 2 is 1.47 bits per heavy atom. The van der Waals surface area contributed by atoms with Crippen LogP contribution in [0, 0.1) is 0 Å². The number of ether oxygens (including phenoxy) is 2. The van der Waals surface area contributed by atoms with Gasteiger partial charge in [-0.1, -0.05) is 60.7 Å². The lowest BCUT2D eigenvalue weighted by atomic mass is 10.1. The molecule has 0 amide bonds. The fraction of sp³-hybridized carbons (Fsp3) is 0.0769. The number of hydrogen-bond acceptors (Lipinski definition) is 4. The molecule has 0 aliphatic rings. The van der Waals surface area contributed by atoms with Crippen LogP contribution in [0.1, 0.15) is 11.1 Å². The zero-order chi connectivity index (χ0) is 21.8. The third-order valence-corrected chi connectivity index (χ3v) is 5.12. The number of benzene rings is 2. The number of H-pyrrole nitrogens is 1. The van der Waals surface area contributed by atoms with Crippen LogP contribution >= 0.6 is 0 Å². The predicted octanol–water partition coefficient (Wildman–Crippen LogP) is 4.85. The van der Waals surface area contributed by atoms with Crippen molar-refractivity contribution in [2.75, 3.05) is 0 Å². The van der Waals surface area contributed by atoms with Crippen LogP contribution in [0.3, 0.4) is 0 Å². The van der Waals surface area contributed by atoms with E-state index in [-0.39, 0.29) is 5.43 Å². The van der Waals surface area contributed by atoms with Gasteiger partial charge in [-0.15, -0.1) is 0 Å². The third-order valence-electron chi connectivity index (χ3n) is 5.12. The standard InChI is InChI=1S/C26H21N3O3/c30-21-13-14-29-24(15-21)23(16-27-29)22-11-12-25(31-17-19-7-3-1-4-8-19)28-26(22)32-18-20-9-5-2-6-10-20/h1-16,27H,17-18H2. The molecule has 0 saturated heterocycles. The molecule has 5 aromatic rings. The van der Waals surface area contributed by atoms with Crippen LogP contribution in [-0.4, -0.2) is 14.6 Å². The Hall–Kier alpha value is -4.32. The van der Waals surface area contributed by atoms with Crippen molar-refractivity contribution in [3.8, 4) is 22.9 Å². The maximum absolute atomic E-state index is 11.9. The van der Waals surface area contributed by atoms with E-state index in [1.165, 1.54) is 6.07 Å². The maximum Gasteiger partial charge on any atom is 0.225 e. The molecule has 0 spiro atoms. The van der Waals surface area contributed by atoms with E-state index in [0.29, 0.717) is 25.0 Å². The zero-order valence-corrected chi connectivity index (χ0v) is 17.3. The van der Waals surface area contributed by atoms with E-state index < -0.39 is 0 Å². The number of fused-ring (bicyclic) bond motifs is 1. The lowest BCUT2D eigenvalue weighted by Crippen LogP contribution is -2.03. The molecule has 158 valence electrons. The summed E-state index contributed by atoms with van der Waals surface area (Å²) >= 11 is 0. The Morgan fingerprint density at radius 3 is 2.19 bits per heavy atom. The van der Waals surface area contributed by atoms with E-state index >= 15 is 0 Å². The number of nitrogens with one attached hydrogen (secondary N) is 1. The molecule has 5 rings (SSSR count). The first kappa shape index (κ1) is 19.6. The van der Waals surface area contributed by atoms with Crippen LogP contribution in [0.15, 0.2) is 102 Å². The van der Waals surface area contributed by atoms with Crippen LogP contribution in [0.5, 0.6) is 11.8 Å². The van der Waals surface area contributed by atoms with Crippen molar-refractivity contribution < 1.29 is 9.47 Å². The molecule has 0 radical (unpaired) electrons. The van der Waals surface area contributed by atoms with Crippen molar-refractivity contribution in [1.82, 2.24) is 14.6 Å². The van der Waals surface area contributed by atoms with Gasteiger partial charge in [-0.2, -0.15) is 4.98 Å². The highest BCUT2D eigenvalue weighted by Gasteiger charge is 2.15. The molecule has 6 nitrogen and oxygen atoms in total. The Labute approximate surface area is 184 Å². The van der Waals surface area contributed by atoms with Gasteiger partial charge in [-0.25, -0.2) is 0 Å². The molecule has 32 heavy (non-hydrogen) atoms. The summed E-state index contributed by atoms with van der Waals surface area (Å²) in [5.74, 6) is 0.912. The van der Waals surface area contributed by atoms with Crippen LogP contribution < -0.4 is 14.9 Å². The third kappa shape index (κ3) is 4.25. The topological polar surface area (TPSA) is 68.6 Å². The zero-order valence-electron chi connectivity index (χ0n) is 17.3. The molecular weight excluding hydrogens is 402 g/mol. The first-order valence-corrected chi connectivity index (χ1v) is 10.3. The van der Waals surface area contributed by atoms with Crippen molar-refractivity contribution in [2.24, 2.45) is 0 Å². The average Bonchev–Trinajstić information content (AvgIpc) is 3.25. The highest BCUT2D eigenvalue weighted by Crippen LogP contribution is 2.33. The van der Waals surface area contributed by atoms with Gasteiger partial charge in [0.2, 0.25) is 11.8 Å². The molecular formula is C26H21N3O3. The fourth-order valence-electron chi connectivity index (χ4n) is 3.50. The van der Waals surface area contributed by atoms with Gasteiger partial charge in [0, 0.05) is 41.7 Å². The molecule has 0 bridgehead atoms. The second-order valence-corrected chi connectivity index (χ2v) is 7.36. The number of nitrogens with zero attached hydrogens (tertiary/aromatic N) is 2. The van der Waals surface area contributed by atoms with Gasteiger partial charge < -0.3 is 14.6 Å². The van der Waals surface area contributed by atoms with Gasteiger partial charge in [0.05, 0.1) is 5.52 Å². The van der Waals surface area contributed by atoms with Crippen LogP contribution in [0.2, 0.25) is 0 Å². The van der Waals surface area contributed by atoms with E-state index in [4.69, 9.17) is 9.47 Å². The number of aromatic amines is 1.